The molecule has 0 amide bonds. The zero-order valence-electron chi connectivity index (χ0n) is 9.05. The number of nitrogens with two attached hydrogens (primary N) is 1. The summed E-state index contributed by atoms with van der Waals surface area (Å²) in [5.41, 5.74) is 4.93. The highest BCUT2D eigenvalue weighted by molar-refractivity contribution is 5.37. The van der Waals surface area contributed by atoms with Gasteiger partial charge in [0, 0.05) is 18.2 Å². The first-order valence-corrected chi connectivity index (χ1v) is 5.04. The lowest BCUT2D eigenvalue weighted by atomic mass is 10.0. The van der Waals surface area contributed by atoms with Gasteiger partial charge in [-0.15, -0.1) is 0 Å². The summed E-state index contributed by atoms with van der Waals surface area (Å²) in [6, 6.07) is 2.76. The molecule has 1 aliphatic rings. The number of nitrogens with zero attached hydrogens (tertiary/aromatic N) is 1. The lowest BCUT2D eigenvalue weighted by Crippen LogP contribution is -2.13. The smallest absolute Gasteiger partial charge is 0.327 e. The fraction of sp³-hybridized carbons (Fsp3) is 0.545. The molecule has 88 valence electrons. The van der Waals surface area contributed by atoms with E-state index in [1.54, 1.807) is 0 Å². The molecule has 2 N–H and O–H groups in total. The molecule has 0 saturated heterocycles. The van der Waals surface area contributed by atoms with E-state index in [0.717, 1.165) is 6.20 Å². The van der Waals surface area contributed by atoms with Gasteiger partial charge in [-0.05, 0) is 17.0 Å². The van der Waals surface area contributed by atoms with E-state index in [4.69, 9.17) is 5.73 Å². The second-order valence-corrected chi connectivity index (χ2v) is 4.76. The van der Waals surface area contributed by atoms with Crippen LogP contribution in [0.25, 0.3) is 0 Å². The first-order chi connectivity index (χ1) is 7.26. The van der Waals surface area contributed by atoms with E-state index in [1.165, 1.54) is 12.1 Å². The summed E-state index contributed by atoms with van der Waals surface area (Å²) in [5.74, 6) is -0.252. The van der Waals surface area contributed by atoms with Gasteiger partial charge < -0.3 is 5.73 Å². The van der Waals surface area contributed by atoms with E-state index in [2.05, 4.69) is 4.98 Å². The highest BCUT2D eigenvalue weighted by Crippen LogP contribution is 2.58. The second-order valence-electron chi connectivity index (χ2n) is 4.76. The van der Waals surface area contributed by atoms with Crippen LogP contribution < -0.4 is 5.73 Å². The Bertz CT molecular complexity index is 412. The molecule has 1 aromatic heterocycles. The molecule has 1 fully saturated rings. The Balaban J connectivity index is 2.44. The van der Waals surface area contributed by atoms with Crippen LogP contribution >= 0.6 is 0 Å². The van der Waals surface area contributed by atoms with E-state index in [0.29, 0.717) is 0 Å². The van der Waals surface area contributed by atoms with Gasteiger partial charge in [0.15, 0.2) is 0 Å². The Morgan fingerprint density at radius 3 is 2.38 bits per heavy atom. The Hall–Kier alpha value is -1.10. The molecule has 5 heteroatoms. The molecule has 0 aliphatic heterocycles. The fourth-order valence-corrected chi connectivity index (χ4v) is 2.18. The van der Waals surface area contributed by atoms with Crippen LogP contribution in [0.5, 0.6) is 0 Å². The van der Waals surface area contributed by atoms with Crippen LogP contribution in [-0.2, 0) is 6.18 Å². The van der Waals surface area contributed by atoms with Crippen LogP contribution in [0.15, 0.2) is 18.3 Å². The summed E-state index contributed by atoms with van der Waals surface area (Å²) < 4.78 is 38.1. The van der Waals surface area contributed by atoms with Gasteiger partial charge in [-0.3, -0.25) is 4.98 Å². The van der Waals surface area contributed by atoms with Crippen molar-refractivity contribution in [1.29, 1.82) is 0 Å². The molecule has 0 unspecified atom stereocenters. The molecule has 0 aromatic carbocycles. The molecule has 0 radical (unpaired) electrons. The SMILES string of the molecule is CC1(C)[C@@H](N)[C@@H]1c1cccnc1C(F)(F)F. The third kappa shape index (κ3) is 1.59. The molecular formula is C11H13F3N2. The lowest BCUT2D eigenvalue weighted by Gasteiger charge is -2.11. The average Bonchev–Trinajstić information content (AvgIpc) is 2.65. The maximum Gasteiger partial charge on any atom is 0.433 e. The monoisotopic (exact) mass is 230 g/mol. The van der Waals surface area contributed by atoms with Crippen LogP contribution in [0.2, 0.25) is 0 Å². The van der Waals surface area contributed by atoms with Crippen LogP contribution in [-0.4, -0.2) is 11.0 Å². The summed E-state index contributed by atoms with van der Waals surface area (Å²) in [6.45, 7) is 3.74. The van der Waals surface area contributed by atoms with Crippen molar-refractivity contribution in [2.75, 3.05) is 0 Å². The van der Waals surface area contributed by atoms with E-state index < -0.39 is 11.9 Å². The number of hydrogen-bond donors (Lipinski definition) is 1. The fourth-order valence-electron chi connectivity index (χ4n) is 2.18. The zero-order valence-corrected chi connectivity index (χ0v) is 9.05. The molecule has 2 atom stereocenters. The molecule has 1 saturated carbocycles. The summed E-state index contributed by atoms with van der Waals surface area (Å²) in [5, 5.41) is 0. The molecule has 16 heavy (non-hydrogen) atoms. The number of halogens is 3. The summed E-state index contributed by atoms with van der Waals surface area (Å²) >= 11 is 0. The van der Waals surface area contributed by atoms with Crippen LogP contribution in [0.4, 0.5) is 13.2 Å². The first kappa shape index (κ1) is 11.4. The van der Waals surface area contributed by atoms with Crippen molar-refractivity contribution in [1.82, 2.24) is 4.98 Å². The van der Waals surface area contributed by atoms with Gasteiger partial charge in [-0.1, -0.05) is 19.9 Å². The Morgan fingerprint density at radius 2 is 1.94 bits per heavy atom. The third-order valence-corrected chi connectivity index (χ3v) is 3.35. The van der Waals surface area contributed by atoms with Gasteiger partial charge in [0.05, 0.1) is 0 Å². The summed E-state index contributed by atoms with van der Waals surface area (Å²) in [6.07, 6.45) is -3.25. The number of pyridine rings is 1. The minimum Gasteiger partial charge on any atom is -0.327 e. The quantitative estimate of drug-likeness (QED) is 0.805. The molecule has 1 heterocycles. The normalized spacial score (nSPS) is 27.9. The van der Waals surface area contributed by atoms with E-state index in [9.17, 15) is 13.2 Å². The van der Waals surface area contributed by atoms with Crippen LogP contribution in [0.1, 0.15) is 31.0 Å². The van der Waals surface area contributed by atoms with Crippen LogP contribution in [0.3, 0.4) is 0 Å². The largest absolute Gasteiger partial charge is 0.433 e. The second kappa shape index (κ2) is 3.20. The Kier molecular flexibility index (Phi) is 2.28. The third-order valence-electron chi connectivity index (χ3n) is 3.35. The molecule has 2 rings (SSSR count). The van der Waals surface area contributed by atoms with E-state index in [-0.39, 0.29) is 22.9 Å². The van der Waals surface area contributed by atoms with Crippen molar-refractivity contribution in [2.24, 2.45) is 11.1 Å². The van der Waals surface area contributed by atoms with Gasteiger partial charge >= 0.3 is 6.18 Å². The minimum absolute atomic E-state index is 0.215. The average molecular weight is 230 g/mol. The lowest BCUT2D eigenvalue weighted by molar-refractivity contribution is -0.141. The van der Waals surface area contributed by atoms with Gasteiger partial charge in [0.25, 0.3) is 0 Å². The number of aromatic nitrogens is 1. The van der Waals surface area contributed by atoms with Crippen molar-refractivity contribution >= 4 is 0 Å². The molecule has 1 aromatic rings. The maximum absolute atomic E-state index is 12.7. The maximum atomic E-state index is 12.7. The van der Waals surface area contributed by atoms with Crippen molar-refractivity contribution < 1.29 is 13.2 Å². The highest BCUT2D eigenvalue weighted by atomic mass is 19.4. The molecule has 1 aliphatic carbocycles. The van der Waals surface area contributed by atoms with Crippen molar-refractivity contribution in [2.45, 2.75) is 32.0 Å². The predicted octanol–water partition coefficient (Wildman–Crippen LogP) is 2.55. The van der Waals surface area contributed by atoms with Crippen LogP contribution in [0, 0.1) is 5.41 Å². The summed E-state index contributed by atoms with van der Waals surface area (Å²) in [4.78, 5) is 3.43. The molecule has 2 nitrogen and oxygen atoms in total. The van der Waals surface area contributed by atoms with Crippen molar-refractivity contribution in [3.63, 3.8) is 0 Å². The molecular weight excluding hydrogens is 217 g/mol. The van der Waals surface area contributed by atoms with Gasteiger partial charge in [-0.25, -0.2) is 0 Å². The molecule has 0 spiro atoms. The van der Waals surface area contributed by atoms with Crippen molar-refractivity contribution in [3.05, 3.63) is 29.6 Å². The van der Waals surface area contributed by atoms with Crippen molar-refractivity contribution in [3.8, 4) is 0 Å². The van der Waals surface area contributed by atoms with Gasteiger partial charge in [0.2, 0.25) is 0 Å². The zero-order chi connectivity index (χ0) is 12.1. The number of alkyl halides is 3. The minimum atomic E-state index is -4.41. The van der Waals surface area contributed by atoms with Gasteiger partial charge in [-0.2, -0.15) is 13.2 Å². The topological polar surface area (TPSA) is 38.9 Å². The summed E-state index contributed by atoms with van der Waals surface area (Å²) in [7, 11) is 0. The predicted molar refractivity (Wildman–Crippen MR) is 53.7 cm³/mol. The molecule has 0 bridgehead atoms. The number of rotatable bonds is 1. The highest BCUT2D eigenvalue weighted by Gasteiger charge is 2.58. The van der Waals surface area contributed by atoms with E-state index >= 15 is 0 Å². The Morgan fingerprint density at radius 1 is 1.38 bits per heavy atom. The standard InChI is InChI=1S/C11H13F3N2/c1-10(2)7(8(10)15)6-4-3-5-16-9(6)11(12,13)14/h3-5,7-8H,15H2,1-2H3/t7-,8-/m0/s1. The first-order valence-electron chi connectivity index (χ1n) is 5.04. The Labute approximate surface area is 91.7 Å². The van der Waals surface area contributed by atoms with E-state index in [1.807, 2.05) is 13.8 Å². The van der Waals surface area contributed by atoms with Gasteiger partial charge in [0.1, 0.15) is 5.69 Å². The number of hydrogen-bond acceptors (Lipinski definition) is 2.